The van der Waals surface area contributed by atoms with Gasteiger partial charge in [0, 0.05) is 0 Å². The van der Waals surface area contributed by atoms with Crippen LogP contribution in [0, 0.1) is 6.92 Å². The Labute approximate surface area is 213 Å². The number of rotatable bonds is 8. The molecule has 0 nitrogen and oxygen atoms in total. The van der Waals surface area contributed by atoms with Gasteiger partial charge in [0.1, 0.15) is 0 Å². The molecule has 0 saturated carbocycles. The molecule has 3 unspecified atom stereocenters. The zero-order chi connectivity index (χ0) is 25.7. The molecule has 1 aliphatic carbocycles. The summed E-state index contributed by atoms with van der Waals surface area (Å²) in [6.07, 6.45) is 2.55. The van der Waals surface area contributed by atoms with Gasteiger partial charge in [0.2, 0.25) is 0 Å². The van der Waals surface area contributed by atoms with Crippen LogP contribution in [0.2, 0.25) is 51.4 Å². The van der Waals surface area contributed by atoms with Crippen molar-refractivity contribution in [3.05, 3.63) is 44.4 Å². The topological polar surface area (TPSA) is 0 Å². The van der Waals surface area contributed by atoms with E-state index < -0.39 is 32.7 Å². The molecule has 1 aliphatic rings. The number of hydrogen-bond acceptors (Lipinski definition) is 0. The van der Waals surface area contributed by atoms with E-state index in [4.69, 9.17) is 0 Å². The molecule has 0 amide bonds. The van der Waals surface area contributed by atoms with E-state index in [2.05, 4.69) is 116 Å². The number of benzene rings is 1. The molecule has 1 aromatic rings. The van der Waals surface area contributed by atoms with Gasteiger partial charge in [0.25, 0.3) is 0 Å². The average molecular weight is 519 g/mol. The van der Waals surface area contributed by atoms with Crippen LogP contribution in [0.25, 0.3) is 0 Å². The first-order valence-electron chi connectivity index (χ1n) is 13.4. The monoisotopic (exact) mass is 518 g/mol. The van der Waals surface area contributed by atoms with E-state index in [0.717, 1.165) is 11.1 Å². The van der Waals surface area contributed by atoms with Crippen LogP contribution < -0.4 is 10.4 Å². The normalized spacial score (nSPS) is 23.7. The summed E-state index contributed by atoms with van der Waals surface area (Å²) in [5.74, 6) is 0. The Hall–Kier alpha value is -0.152. The van der Waals surface area contributed by atoms with E-state index in [9.17, 15) is 0 Å². The molecule has 0 bridgehead atoms. The fourth-order valence-corrected chi connectivity index (χ4v) is 24.5. The summed E-state index contributed by atoms with van der Waals surface area (Å²) in [7, 11) is -3.49. The van der Waals surface area contributed by atoms with Crippen LogP contribution in [0.1, 0.15) is 73.8 Å². The number of allylic oxidation sites excluding steroid dienone is 4. The molecule has 0 N–H and O–H groups in total. The minimum atomic E-state index is -2.14. The first kappa shape index (κ1) is 29.1. The van der Waals surface area contributed by atoms with Crippen molar-refractivity contribution in [1.82, 2.24) is 0 Å². The Balaban J connectivity index is 3.18. The molecule has 3 atom stereocenters. The Kier molecular flexibility index (Phi) is 8.56. The fraction of sp³-hybridized carbons (Fsp3) is 0.667. The zero-order valence-electron chi connectivity index (χ0n) is 24.8. The van der Waals surface area contributed by atoms with Gasteiger partial charge >= 0.3 is 214 Å². The van der Waals surface area contributed by atoms with Crippen LogP contribution in [-0.4, -0.2) is 16.1 Å². The Morgan fingerprint density at radius 3 is 1.64 bits per heavy atom. The van der Waals surface area contributed by atoms with Gasteiger partial charge in [-0.2, -0.15) is 0 Å². The van der Waals surface area contributed by atoms with Gasteiger partial charge in [0.15, 0.2) is 0 Å². The van der Waals surface area contributed by atoms with E-state index >= 15 is 0 Å². The second-order valence-corrected chi connectivity index (χ2v) is 31.6. The van der Waals surface area contributed by atoms with Crippen LogP contribution in [0.5, 0.6) is 0 Å². The molecule has 2 rings (SSSR count). The quantitative estimate of drug-likeness (QED) is 0.301. The summed E-state index contributed by atoms with van der Waals surface area (Å²) in [5, 5.41) is 11.6. The predicted molar refractivity (Wildman–Crippen MR) is 156 cm³/mol. The second kappa shape index (κ2) is 9.72. The fourth-order valence-electron chi connectivity index (χ4n) is 7.66. The van der Waals surface area contributed by atoms with Gasteiger partial charge < -0.3 is 0 Å². The molecule has 0 fully saturated rings. The maximum absolute atomic E-state index is 2.73. The van der Waals surface area contributed by atoms with Gasteiger partial charge in [-0.3, -0.25) is 0 Å². The van der Waals surface area contributed by atoms with E-state index in [1.807, 2.05) is 3.88 Å². The van der Waals surface area contributed by atoms with Crippen molar-refractivity contribution in [3.63, 3.8) is 0 Å². The summed E-state index contributed by atoms with van der Waals surface area (Å²) in [6.45, 7) is 30.2. The van der Waals surface area contributed by atoms with Crippen molar-refractivity contribution in [2.45, 2.75) is 127 Å². The molecule has 0 radical (unpaired) electrons. The summed E-state index contributed by atoms with van der Waals surface area (Å²) in [5.41, 5.74) is 7.93. The predicted octanol–water partition coefficient (Wildman–Crippen LogP) is 9.48. The van der Waals surface area contributed by atoms with E-state index in [0.29, 0.717) is 0 Å². The minimum absolute atomic E-state index is 0.217. The van der Waals surface area contributed by atoms with E-state index in [-0.39, 0.29) is 5.04 Å². The third kappa shape index (κ3) is 4.56. The van der Waals surface area contributed by atoms with Gasteiger partial charge in [0.05, 0.1) is 0 Å². The second-order valence-electron chi connectivity index (χ2n) is 13.5. The molecule has 1 aromatic carbocycles. The van der Waals surface area contributed by atoms with E-state index in [1.54, 1.807) is 27.1 Å². The molecule has 0 aliphatic heterocycles. The number of aryl methyl sites for hydroxylation is 1. The molecular formula is C30H54Si2Ti. The molecule has 186 valence electrons. The van der Waals surface area contributed by atoms with Crippen LogP contribution in [0.15, 0.2) is 38.8 Å². The molecule has 3 heteroatoms. The van der Waals surface area contributed by atoms with Crippen LogP contribution in [0.4, 0.5) is 0 Å². The summed E-state index contributed by atoms with van der Waals surface area (Å²) in [6, 6.07) is 7.89. The molecule has 33 heavy (non-hydrogen) atoms. The number of hydrogen-bond donors (Lipinski definition) is 0. The first-order chi connectivity index (χ1) is 14.9. The SMILES string of the molecule is CCC(C)[Si](c1cc(C)cc([Si](C)(C)C)c1)(C(C)CC)C1(C)C(C)=C(C)C(C)=[C]1[Ti]([CH3])([CH3])[CH3]. The molecule has 0 spiro atoms. The molecular weight excluding hydrogens is 464 g/mol. The van der Waals surface area contributed by atoms with Crippen molar-refractivity contribution in [2.75, 3.05) is 0 Å². The van der Waals surface area contributed by atoms with Gasteiger partial charge in [-0.25, -0.2) is 0 Å². The van der Waals surface area contributed by atoms with Crippen molar-refractivity contribution in [2.24, 2.45) is 0 Å². The van der Waals surface area contributed by atoms with Crippen LogP contribution >= 0.6 is 0 Å². The molecule has 0 saturated heterocycles. The van der Waals surface area contributed by atoms with Crippen molar-refractivity contribution >= 4 is 26.5 Å². The molecule has 0 aromatic heterocycles. The van der Waals surface area contributed by atoms with E-state index in [1.165, 1.54) is 18.4 Å². The molecule has 0 heterocycles. The zero-order valence-corrected chi connectivity index (χ0v) is 28.4. The standard InChI is InChI=1S/C27H45Si2.3CH3.Ti/c1-13-21(5)29(22(6)14-2,27(9)18-20(4)23(7)24(27)8)26-16-19(3)15-25(17-26)28(10,11)12;;;;/h15-17,21-22H,13-14H2,1-12H3;3*1H3;. The van der Waals surface area contributed by atoms with Gasteiger partial charge in [-0.05, 0) is 0 Å². The third-order valence-electron chi connectivity index (χ3n) is 9.53. The average Bonchev–Trinajstić information content (AvgIpc) is 2.87. The maximum atomic E-state index is 2.73. The van der Waals surface area contributed by atoms with Crippen LogP contribution in [-0.2, 0) is 16.6 Å². The van der Waals surface area contributed by atoms with Crippen molar-refractivity contribution in [3.8, 4) is 0 Å². The Morgan fingerprint density at radius 2 is 1.24 bits per heavy atom. The third-order valence-corrected chi connectivity index (χ3v) is 23.1. The van der Waals surface area contributed by atoms with Crippen molar-refractivity contribution in [1.29, 1.82) is 0 Å². The summed E-state index contributed by atoms with van der Waals surface area (Å²) >= 11 is -2.14. The first-order valence-corrected chi connectivity index (χ1v) is 24.6. The van der Waals surface area contributed by atoms with Gasteiger partial charge in [-0.1, -0.05) is 0 Å². The summed E-state index contributed by atoms with van der Waals surface area (Å²) < 4.78 is 1.92. The van der Waals surface area contributed by atoms with Crippen molar-refractivity contribution < 1.29 is 16.6 Å². The Morgan fingerprint density at radius 1 is 0.788 bits per heavy atom. The summed E-state index contributed by atoms with van der Waals surface area (Å²) in [4.78, 5) is 0. The Bertz CT molecular complexity index is 944. The van der Waals surface area contributed by atoms with Gasteiger partial charge in [-0.15, -0.1) is 0 Å². The van der Waals surface area contributed by atoms with Crippen LogP contribution in [0.3, 0.4) is 0 Å².